The molecular formula is C17H25NO. The van der Waals surface area contributed by atoms with Crippen molar-refractivity contribution in [2.45, 2.75) is 62.5 Å². The largest absolute Gasteiger partial charge is 0.385 e. The van der Waals surface area contributed by atoms with Crippen LogP contribution in [0.3, 0.4) is 0 Å². The van der Waals surface area contributed by atoms with Gasteiger partial charge >= 0.3 is 0 Å². The highest BCUT2D eigenvalue weighted by Gasteiger charge is 2.34. The van der Waals surface area contributed by atoms with Crippen molar-refractivity contribution in [1.82, 2.24) is 5.32 Å². The molecule has 0 spiro atoms. The Morgan fingerprint density at radius 3 is 2.47 bits per heavy atom. The van der Waals surface area contributed by atoms with E-state index in [0.29, 0.717) is 6.04 Å². The minimum Gasteiger partial charge on any atom is -0.385 e. The van der Waals surface area contributed by atoms with Crippen LogP contribution in [0.2, 0.25) is 0 Å². The van der Waals surface area contributed by atoms with Gasteiger partial charge in [0.25, 0.3) is 0 Å². The lowest BCUT2D eigenvalue weighted by Gasteiger charge is -2.37. The predicted molar refractivity (Wildman–Crippen MR) is 78.2 cm³/mol. The fraction of sp³-hybridized carbons (Fsp3) is 0.647. The molecular weight excluding hydrogens is 234 g/mol. The van der Waals surface area contributed by atoms with Gasteiger partial charge in [-0.15, -0.1) is 0 Å². The molecule has 0 heterocycles. The van der Waals surface area contributed by atoms with Crippen LogP contribution >= 0.6 is 0 Å². The first kappa shape index (κ1) is 13.1. The molecule has 1 aromatic carbocycles. The van der Waals surface area contributed by atoms with Crippen molar-refractivity contribution >= 4 is 0 Å². The topological polar surface area (TPSA) is 32.3 Å². The number of aliphatic hydroxyl groups is 1. The first-order valence-electron chi connectivity index (χ1n) is 7.71. The van der Waals surface area contributed by atoms with Crippen molar-refractivity contribution in [3.05, 3.63) is 35.4 Å². The van der Waals surface area contributed by atoms with Crippen LogP contribution in [0.25, 0.3) is 0 Å². The van der Waals surface area contributed by atoms with Crippen molar-refractivity contribution in [3.8, 4) is 0 Å². The van der Waals surface area contributed by atoms with Gasteiger partial charge in [-0.1, -0.05) is 30.7 Å². The summed E-state index contributed by atoms with van der Waals surface area (Å²) in [5, 5.41) is 14.3. The van der Waals surface area contributed by atoms with E-state index in [4.69, 9.17) is 0 Å². The zero-order valence-electron chi connectivity index (χ0n) is 11.9. The highest BCUT2D eigenvalue weighted by molar-refractivity contribution is 5.31. The molecule has 0 atom stereocenters. The van der Waals surface area contributed by atoms with Gasteiger partial charge in [-0.05, 0) is 62.6 Å². The van der Waals surface area contributed by atoms with E-state index >= 15 is 0 Å². The minimum atomic E-state index is -0.590. The lowest BCUT2D eigenvalue weighted by atomic mass is 9.75. The smallest absolute Gasteiger partial charge is 0.0897 e. The van der Waals surface area contributed by atoms with Crippen LogP contribution in [0.1, 0.15) is 62.0 Å². The van der Waals surface area contributed by atoms with Gasteiger partial charge in [0.05, 0.1) is 5.60 Å². The Hall–Kier alpha value is -0.860. The summed E-state index contributed by atoms with van der Waals surface area (Å²) in [7, 11) is 2.02. The van der Waals surface area contributed by atoms with Gasteiger partial charge in [-0.25, -0.2) is 0 Å². The summed E-state index contributed by atoms with van der Waals surface area (Å²) in [5.41, 5.74) is 1.99. The van der Waals surface area contributed by atoms with Crippen molar-refractivity contribution in [2.75, 3.05) is 7.05 Å². The fourth-order valence-corrected chi connectivity index (χ4v) is 3.50. The Balaban J connectivity index is 1.77. The quantitative estimate of drug-likeness (QED) is 0.873. The number of nitrogens with one attached hydrogen (secondary N) is 1. The molecule has 0 saturated heterocycles. The molecule has 0 bridgehead atoms. The summed E-state index contributed by atoms with van der Waals surface area (Å²) in [5.74, 6) is 0.747. The van der Waals surface area contributed by atoms with E-state index in [9.17, 15) is 5.11 Å². The van der Waals surface area contributed by atoms with Crippen LogP contribution in [0.4, 0.5) is 0 Å². The highest BCUT2D eigenvalue weighted by atomic mass is 16.3. The maximum absolute atomic E-state index is 10.9. The first-order valence-corrected chi connectivity index (χ1v) is 7.71. The molecule has 2 nitrogen and oxygen atoms in total. The van der Waals surface area contributed by atoms with E-state index in [1.54, 1.807) is 0 Å². The Morgan fingerprint density at radius 1 is 1.16 bits per heavy atom. The molecule has 2 N–H and O–H groups in total. The van der Waals surface area contributed by atoms with Gasteiger partial charge < -0.3 is 10.4 Å². The SMILES string of the molecule is CNC1CCC(O)(c2cccc(C3CCC3)c2)CC1. The van der Waals surface area contributed by atoms with E-state index in [-0.39, 0.29) is 0 Å². The van der Waals surface area contributed by atoms with Gasteiger partial charge in [0, 0.05) is 6.04 Å². The molecule has 2 fully saturated rings. The summed E-state index contributed by atoms with van der Waals surface area (Å²) in [4.78, 5) is 0. The lowest BCUT2D eigenvalue weighted by molar-refractivity contribution is -0.00773. The Morgan fingerprint density at radius 2 is 1.89 bits per heavy atom. The lowest BCUT2D eigenvalue weighted by Crippen LogP contribution is -2.38. The summed E-state index contributed by atoms with van der Waals surface area (Å²) in [6.45, 7) is 0. The number of benzene rings is 1. The van der Waals surface area contributed by atoms with Gasteiger partial charge in [0.1, 0.15) is 0 Å². The van der Waals surface area contributed by atoms with E-state index in [2.05, 4.69) is 29.6 Å². The molecule has 0 radical (unpaired) electrons. The van der Waals surface area contributed by atoms with Crippen molar-refractivity contribution in [2.24, 2.45) is 0 Å². The third-order valence-corrected chi connectivity index (χ3v) is 5.22. The molecule has 3 rings (SSSR count). The summed E-state index contributed by atoms with van der Waals surface area (Å²) in [6.07, 6.45) is 7.91. The molecule has 2 saturated carbocycles. The van der Waals surface area contributed by atoms with Gasteiger partial charge in [0.2, 0.25) is 0 Å². The third-order valence-electron chi connectivity index (χ3n) is 5.22. The third kappa shape index (κ3) is 2.56. The van der Waals surface area contributed by atoms with Crippen LogP contribution in [-0.2, 0) is 5.60 Å². The van der Waals surface area contributed by atoms with Crippen LogP contribution in [0.15, 0.2) is 24.3 Å². The molecule has 0 amide bonds. The molecule has 1 aromatic rings. The molecule has 2 heteroatoms. The first-order chi connectivity index (χ1) is 9.21. The molecule has 0 aliphatic heterocycles. The van der Waals surface area contributed by atoms with Gasteiger partial charge in [-0.2, -0.15) is 0 Å². The van der Waals surface area contributed by atoms with E-state index < -0.39 is 5.60 Å². The Kier molecular flexibility index (Phi) is 3.64. The minimum absolute atomic E-state index is 0.579. The van der Waals surface area contributed by atoms with Gasteiger partial charge in [-0.3, -0.25) is 0 Å². The second-order valence-electron chi connectivity index (χ2n) is 6.35. The number of rotatable bonds is 3. The average molecular weight is 259 g/mol. The zero-order chi connectivity index (χ0) is 13.3. The second-order valence-corrected chi connectivity index (χ2v) is 6.35. The second kappa shape index (κ2) is 5.26. The number of hydrogen-bond donors (Lipinski definition) is 2. The van der Waals surface area contributed by atoms with Crippen molar-refractivity contribution in [1.29, 1.82) is 0 Å². The molecule has 2 aliphatic carbocycles. The van der Waals surface area contributed by atoms with Crippen LogP contribution in [0, 0.1) is 0 Å². The summed E-state index contributed by atoms with van der Waals surface area (Å²) >= 11 is 0. The molecule has 2 aliphatic rings. The molecule has 0 aromatic heterocycles. The maximum Gasteiger partial charge on any atom is 0.0897 e. The monoisotopic (exact) mass is 259 g/mol. The van der Waals surface area contributed by atoms with Gasteiger partial charge in [0.15, 0.2) is 0 Å². The Labute approximate surface area is 116 Å². The normalized spacial score (nSPS) is 32.0. The fourth-order valence-electron chi connectivity index (χ4n) is 3.50. The average Bonchev–Trinajstić information content (AvgIpc) is 2.38. The number of hydrogen-bond acceptors (Lipinski definition) is 2. The van der Waals surface area contributed by atoms with Crippen LogP contribution in [-0.4, -0.2) is 18.2 Å². The molecule has 0 unspecified atom stereocenters. The standard InChI is InChI=1S/C17H25NO/c1-18-16-8-10-17(19,11-9-16)15-7-3-6-14(12-15)13-4-2-5-13/h3,6-7,12-13,16,18-19H,2,4-5,8-11H2,1H3. The summed E-state index contributed by atoms with van der Waals surface area (Å²) in [6, 6.07) is 9.32. The van der Waals surface area contributed by atoms with E-state index in [1.807, 2.05) is 7.05 Å². The predicted octanol–water partition coefficient (Wildman–Crippen LogP) is 3.30. The van der Waals surface area contributed by atoms with Crippen LogP contribution < -0.4 is 5.32 Å². The van der Waals surface area contributed by atoms with Crippen molar-refractivity contribution < 1.29 is 5.11 Å². The zero-order valence-corrected chi connectivity index (χ0v) is 11.9. The van der Waals surface area contributed by atoms with E-state index in [1.165, 1.54) is 24.8 Å². The summed E-state index contributed by atoms with van der Waals surface area (Å²) < 4.78 is 0. The van der Waals surface area contributed by atoms with Crippen molar-refractivity contribution in [3.63, 3.8) is 0 Å². The molecule has 19 heavy (non-hydrogen) atoms. The molecule has 104 valence electrons. The maximum atomic E-state index is 10.9. The van der Waals surface area contributed by atoms with E-state index in [0.717, 1.165) is 37.2 Å². The highest BCUT2D eigenvalue weighted by Crippen LogP contribution is 2.41. The van der Waals surface area contributed by atoms with Crippen LogP contribution in [0.5, 0.6) is 0 Å². The Bertz CT molecular complexity index is 431.